The summed E-state index contributed by atoms with van der Waals surface area (Å²) in [5.41, 5.74) is 0. The molecule has 0 radical (unpaired) electrons. The normalized spacial score (nSPS) is 6.67. The second-order valence-electron chi connectivity index (χ2n) is 0.656. The Labute approximate surface area is 47.9 Å². The summed E-state index contributed by atoms with van der Waals surface area (Å²) >= 11 is 0. The van der Waals surface area contributed by atoms with Crippen LogP contribution >= 0.6 is 0 Å². The molecule has 0 atom stereocenters. The van der Waals surface area contributed by atoms with E-state index in [9.17, 15) is 0 Å². The van der Waals surface area contributed by atoms with E-state index in [2.05, 4.69) is 15.4 Å². The van der Waals surface area contributed by atoms with Gasteiger partial charge in [-0.15, -0.1) is 0 Å². The Kier molecular flexibility index (Phi) is 2.86. The van der Waals surface area contributed by atoms with E-state index in [1.807, 2.05) is 0 Å². The van der Waals surface area contributed by atoms with Gasteiger partial charge >= 0.3 is 0 Å². The third kappa shape index (κ3) is 1.27. The Morgan fingerprint density at radius 2 is 1.67 bits per heavy atom. The van der Waals surface area contributed by atoms with Gasteiger partial charge in [0.1, 0.15) is 0 Å². The standard InChI is InChI=1S/C2H3N3.Zn/c1-2-4-5-3-1;/h1-2H,(H,3,4,5);. The largest absolute Gasteiger partial charge is 0.198 e. The van der Waals surface area contributed by atoms with Crippen molar-refractivity contribution in [3.8, 4) is 0 Å². The van der Waals surface area contributed by atoms with Gasteiger partial charge in [-0.05, 0) is 0 Å². The smallest absolute Gasteiger partial charge is 0.0690 e. The zero-order chi connectivity index (χ0) is 3.54. The van der Waals surface area contributed by atoms with Crippen molar-refractivity contribution in [3.05, 3.63) is 12.4 Å². The van der Waals surface area contributed by atoms with E-state index in [1.54, 1.807) is 12.4 Å². The molecule has 1 heterocycles. The Bertz CT molecular complexity index is 65.3. The molecule has 0 unspecified atom stereocenters. The average molecular weight is 134 g/mol. The molecule has 28 valence electrons. The Hall–Kier alpha value is -0.237. The van der Waals surface area contributed by atoms with Crippen LogP contribution in [0.3, 0.4) is 0 Å². The summed E-state index contributed by atoms with van der Waals surface area (Å²) in [6.07, 6.45) is 3.17. The summed E-state index contributed by atoms with van der Waals surface area (Å²) in [7, 11) is 0. The van der Waals surface area contributed by atoms with E-state index in [-0.39, 0.29) is 19.5 Å². The summed E-state index contributed by atoms with van der Waals surface area (Å²) in [6, 6.07) is 0. The van der Waals surface area contributed by atoms with Gasteiger partial charge < -0.3 is 0 Å². The molecular weight excluding hydrogens is 131 g/mol. The van der Waals surface area contributed by atoms with Gasteiger partial charge in [0.15, 0.2) is 0 Å². The van der Waals surface area contributed by atoms with Crippen LogP contribution in [0.15, 0.2) is 12.4 Å². The number of aromatic nitrogens is 3. The fraction of sp³-hybridized carbons (Fsp3) is 0. The summed E-state index contributed by atoms with van der Waals surface area (Å²) < 4.78 is 0. The van der Waals surface area contributed by atoms with Crippen molar-refractivity contribution in [2.75, 3.05) is 0 Å². The van der Waals surface area contributed by atoms with Crippen molar-refractivity contribution >= 4 is 0 Å². The number of rotatable bonds is 0. The van der Waals surface area contributed by atoms with E-state index in [1.165, 1.54) is 0 Å². The summed E-state index contributed by atoms with van der Waals surface area (Å²) in [6.45, 7) is 0. The van der Waals surface area contributed by atoms with Crippen LogP contribution < -0.4 is 0 Å². The number of hydrogen-bond acceptors (Lipinski definition) is 2. The number of hydrogen-bond donors (Lipinski definition) is 1. The molecule has 0 aromatic carbocycles. The first kappa shape index (κ1) is 5.76. The van der Waals surface area contributed by atoms with Crippen LogP contribution in [0, 0.1) is 0 Å². The summed E-state index contributed by atoms with van der Waals surface area (Å²) in [5, 5.41) is 9.33. The molecule has 0 amide bonds. The number of nitrogens with zero attached hydrogens (tertiary/aromatic N) is 2. The second-order valence-corrected chi connectivity index (χ2v) is 0.656. The molecule has 0 bridgehead atoms. The Morgan fingerprint density at radius 3 is 1.83 bits per heavy atom. The maximum atomic E-state index is 3.49. The first-order valence-corrected chi connectivity index (χ1v) is 1.30. The molecule has 3 nitrogen and oxygen atoms in total. The molecule has 0 saturated heterocycles. The molecule has 1 aromatic rings. The van der Waals surface area contributed by atoms with Gasteiger partial charge in [0.25, 0.3) is 0 Å². The van der Waals surface area contributed by atoms with Crippen molar-refractivity contribution in [1.82, 2.24) is 15.4 Å². The number of H-pyrrole nitrogens is 1. The van der Waals surface area contributed by atoms with Gasteiger partial charge in [0.05, 0.1) is 12.4 Å². The van der Waals surface area contributed by atoms with Crippen LogP contribution in [0.25, 0.3) is 0 Å². The molecule has 0 aliphatic heterocycles. The first-order valence-electron chi connectivity index (χ1n) is 1.30. The molecule has 1 rings (SSSR count). The van der Waals surface area contributed by atoms with Crippen molar-refractivity contribution in [1.29, 1.82) is 0 Å². The minimum absolute atomic E-state index is 0. The van der Waals surface area contributed by atoms with Crippen molar-refractivity contribution in [2.45, 2.75) is 0 Å². The first-order chi connectivity index (χ1) is 2.50. The second kappa shape index (κ2) is 2.97. The van der Waals surface area contributed by atoms with E-state index in [4.69, 9.17) is 0 Å². The van der Waals surface area contributed by atoms with Gasteiger partial charge in [0.2, 0.25) is 0 Å². The Balaban J connectivity index is 0.000000250. The minimum atomic E-state index is 0. The van der Waals surface area contributed by atoms with E-state index in [0.29, 0.717) is 0 Å². The van der Waals surface area contributed by atoms with Crippen molar-refractivity contribution in [3.63, 3.8) is 0 Å². The third-order valence-electron chi connectivity index (χ3n) is 0.331. The van der Waals surface area contributed by atoms with Gasteiger partial charge in [-0.3, -0.25) is 0 Å². The van der Waals surface area contributed by atoms with Crippen LogP contribution in [-0.2, 0) is 19.5 Å². The average Bonchev–Trinajstić information content (AvgIpc) is 1.76. The van der Waals surface area contributed by atoms with E-state index < -0.39 is 0 Å². The summed E-state index contributed by atoms with van der Waals surface area (Å²) in [5.74, 6) is 0. The van der Waals surface area contributed by atoms with Crippen LogP contribution in [-0.4, -0.2) is 15.4 Å². The van der Waals surface area contributed by atoms with Gasteiger partial charge in [-0.1, -0.05) is 0 Å². The van der Waals surface area contributed by atoms with Gasteiger partial charge in [-0.25, -0.2) is 0 Å². The Morgan fingerprint density at radius 1 is 1.17 bits per heavy atom. The molecule has 6 heavy (non-hydrogen) atoms. The van der Waals surface area contributed by atoms with Crippen molar-refractivity contribution in [2.24, 2.45) is 0 Å². The number of aromatic amines is 1. The van der Waals surface area contributed by atoms with Crippen molar-refractivity contribution < 1.29 is 19.5 Å². The molecule has 1 aromatic heterocycles. The molecule has 0 saturated carbocycles. The van der Waals surface area contributed by atoms with Crippen LogP contribution in [0.1, 0.15) is 0 Å². The molecule has 0 fully saturated rings. The maximum Gasteiger partial charge on any atom is 0.0690 e. The van der Waals surface area contributed by atoms with Crippen LogP contribution in [0.2, 0.25) is 0 Å². The fourth-order valence-electron chi connectivity index (χ4n) is 0.167. The van der Waals surface area contributed by atoms with E-state index >= 15 is 0 Å². The van der Waals surface area contributed by atoms with Gasteiger partial charge in [0, 0.05) is 19.5 Å². The molecule has 0 aliphatic rings. The molecule has 0 spiro atoms. The van der Waals surface area contributed by atoms with Gasteiger partial charge in [-0.2, -0.15) is 15.4 Å². The number of nitrogens with one attached hydrogen (secondary N) is 1. The van der Waals surface area contributed by atoms with Crippen LogP contribution in [0.4, 0.5) is 0 Å². The SMILES string of the molecule is [Zn].c1cn[nH]n1. The minimum Gasteiger partial charge on any atom is -0.198 e. The molecule has 4 heteroatoms. The van der Waals surface area contributed by atoms with Crippen LogP contribution in [0.5, 0.6) is 0 Å². The maximum absolute atomic E-state index is 3.49. The predicted molar refractivity (Wildman–Crippen MR) is 16.4 cm³/mol. The topological polar surface area (TPSA) is 41.6 Å². The molecule has 1 N–H and O–H groups in total. The fourth-order valence-corrected chi connectivity index (χ4v) is 0.167. The molecular formula is C2H3N3Zn. The summed E-state index contributed by atoms with van der Waals surface area (Å²) in [4.78, 5) is 0. The van der Waals surface area contributed by atoms with E-state index in [0.717, 1.165) is 0 Å². The quantitative estimate of drug-likeness (QED) is 0.500. The monoisotopic (exact) mass is 133 g/mol. The predicted octanol–water partition coefficient (Wildman–Crippen LogP) is -0.198. The zero-order valence-corrected chi connectivity index (χ0v) is 6.22. The zero-order valence-electron chi connectivity index (χ0n) is 3.26. The third-order valence-corrected chi connectivity index (χ3v) is 0.331. The molecule has 0 aliphatic carbocycles.